The molecule has 0 unspecified atom stereocenters. The molecule has 0 aliphatic carbocycles. The van der Waals surface area contributed by atoms with Gasteiger partial charge in [0.15, 0.2) is 0 Å². The highest BCUT2D eigenvalue weighted by Gasteiger charge is 2.22. The minimum absolute atomic E-state index is 0.351. The van der Waals surface area contributed by atoms with Crippen LogP contribution in [0.25, 0.3) is 0 Å². The minimum atomic E-state index is -0.460. The number of aromatic nitrogens is 2. The van der Waals surface area contributed by atoms with Crippen molar-refractivity contribution >= 4 is 23.5 Å². The van der Waals surface area contributed by atoms with Gasteiger partial charge in [0.2, 0.25) is 0 Å². The molecule has 1 amide bonds. The molecule has 2 rings (SSSR count). The summed E-state index contributed by atoms with van der Waals surface area (Å²) in [6.07, 6.45) is 4.89. The molecule has 1 N–H and O–H groups in total. The molecule has 1 saturated heterocycles. The van der Waals surface area contributed by atoms with Gasteiger partial charge in [-0.05, 0) is 39.5 Å². The van der Waals surface area contributed by atoms with Crippen LogP contribution in [0.5, 0.6) is 0 Å². The summed E-state index contributed by atoms with van der Waals surface area (Å²) in [4.78, 5) is 22.2. The van der Waals surface area contributed by atoms with E-state index in [2.05, 4.69) is 20.2 Å². The van der Waals surface area contributed by atoms with Crippen molar-refractivity contribution in [3.63, 3.8) is 0 Å². The second-order valence-corrected chi connectivity index (χ2v) is 6.90. The maximum atomic E-state index is 11.6. The van der Waals surface area contributed by atoms with Crippen LogP contribution in [0.4, 0.5) is 10.6 Å². The van der Waals surface area contributed by atoms with Gasteiger partial charge >= 0.3 is 6.09 Å². The van der Waals surface area contributed by atoms with Crippen LogP contribution in [0.15, 0.2) is 12.4 Å². The number of nitrogens with zero attached hydrogens (tertiary/aromatic N) is 3. The van der Waals surface area contributed by atoms with E-state index in [-0.39, 0.29) is 6.09 Å². The van der Waals surface area contributed by atoms with E-state index in [1.807, 2.05) is 20.8 Å². The maximum absolute atomic E-state index is 11.6. The normalized spacial score (nSPS) is 16.5. The monoisotopic (exact) mass is 326 g/mol. The van der Waals surface area contributed by atoms with Crippen molar-refractivity contribution in [1.29, 1.82) is 0 Å². The number of nitrogens with one attached hydrogen (secondary N) is 1. The summed E-state index contributed by atoms with van der Waals surface area (Å²) < 4.78 is 5.24. The quantitative estimate of drug-likeness (QED) is 0.925. The Labute approximate surface area is 136 Å². The van der Waals surface area contributed by atoms with Gasteiger partial charge in [-0.15, -0.1) is 0 Å². The highest BCUT2D eigenvalue weighted by Crippen LogP contribution is 2.21. The van der Waals surface area contributed by atoms with Crippen LogP contribution in [-0.2, 0) is 4.74 Å². The molecule has 122 valence electrons. The zero-order valence-corrected chi connectivity index (χ0v) is 14.1. The lowest BCUT2D eigenvalue weighted by Crippen LogP contribution is -2.40. The van der Waals surface area contributed by atoms with Gasteiger partial charge in [0.1, 0.15) is 16.6 Å². The first-order valence-corrected chi connectivity index (χ1v) is 7.90. The van der Waals surface area contributed by atoms with E-state index in [0.29, 0.717) is 17.6 Å². The average molecular weight is 327 g/mol. The Bertz CT molecular complexity index is 511. The summed E-state index contributed by atoms with van der Waals surface area (Å²) in [5, 5.41) is 3.25. The molecule has 0 bridgehead atoms. The van der Waals surface area contributed by atoms with Crippen molar-refractivity contribution < 1.29 is 9.53 Å². The van der Waals surface area contributed by atoms with E-state index in [1.165, 1.54) is 6.20 Å². The van der Waals surface area contributed by atoms with Crippen LogP contribution < -0.4 is 10.2 Å². The molecule has 1 aromatic heterocycles. The van der Waals surface area contributed by atoms with Crippen LogP contribution >= 0.6 is 11.6 Å². The summed E-state index contributed by atoms with van der Waals surface area (Å²) in [5.41, 5.74) is -0.460. The third-order valence-corrected chi connectivity index (χ3v) is 3.65. The zero-order valence-electron chi connectivity index (χ0n) is 13.3. The molecular weight excluding hydrogens is 304 g/mol. The third-order valence-electron chi connectivity index (χ3n) is 3.46. The third kappa shape index (κ3) is 5.33. The first-order chi connectivity index (χ1) is 10.3. The Kier molecular flexibility index (Phi) is 5.45. The van der Waals surface area contributed by atoms with Crippen LogP contribution in [0.1, 0.15) is 33.6 Å². The summed E-state index contributed by atoms with van der Waals surface area (Å²) >= 11 is 5.87. The fourth-order valence-electron chi connectivity index (χ4n) is 2.39. The Morgan fingerprint density at radius 1 is 1.41 bits per heavy atom. The van der Waals surface area contributed by atoms with Gasteiger partial charge in [0, 0.05) is 19.6 Å². The number of carbonyl (C=O) groups is 1. The number of halogens is 1. The molecule has 0 spiro atoms. The standard InChI is InChI=1S/C15H23ClN4O2/c1-15(2,3)22-14(21)18-8-11-4-6-20(7-5-11)13-10-17-9-12(16)19-13/h9-11H,4-8H2,1-3H3,(H,18,21). The van der Waals surface area contributed by atoms with Gasteiger partial charge in [-0.2, -0.15) is 0 Å². The molecule has 7 heteroatoms. The summed E-state index contributed by atoms with van der Waals surface area (Å²) in [6, 6.07) is 0. The molecule has 22 heavy (non-hydrogen) atoms. The first-order valence-electron chi connectivity index (χ1n) is 7.53. The van der Waals surface area contributed by atoms with Crippen LogP contribution in [0.2, 0.25) is 5.15 Å². The van der Waals surface area contributed by atoms with E-state index in [1.54, 1.807) is 6.20 Å². The zero-order chi connectivity index (χ0) is 16.2. The number of amides is 1. The Morgan fingerprint density at radius 2 is 2.09 bits per heavy atom. The predicted molar refractivity (Wildman–Crippen MR) is 86.2 cm³/mol. The van der Waals surface area contributed by atoms with Crippen molar-refractivity contribution in [2.24, 2.45) is 5.92 Å². The smallest absolute Gasteiger partial charge is 0.407 e. The fraction of sp³-hybridized carbons (Fsp3) is 0.667. The van der Waals surface area contributed by atoms with Crippen LogP contribution in [0.3, 0.4) is 0 Å². The van der Waals surface area contributed by atoms with E-state index in [4.69, 9.17) is 16.3 Å². The predicted octanol–water partition coefficient (Wildman–Crippen LogP) is 2.87. The van der Waals surface area contributed by atoms with Crippen molar-refractivity contribution in [1.82, 2.24) is 15.3 Å². The second kappa shape index (κ2) is 7.13. The molecule has 1 fully saturated rings. The van der Waals surface area contributed by atoms with Gasteiger partial charge < -0.3 is 15.0 Å². The van der Waals surface area contributed by atoms with E-state index >= 15 is 0 Å². The van der Waals surface area contributed by atoms with Crippen molar-refractivity contribution in [3.05, 3.63) is 17.5 Å². The molecule has 0 aromatic carbocycles. The fourth-order valence-corrected chi connectivity index (χ4v) is 2.54. The van der Waals surface area contributed by atoms with Crippen LogP contribution in [0, 0.1) is 5.92 Å². The number of carbonyl (C=O) groups excluding carboxylic acids is 1. The molecule has 1 aliphatic heterocycles. The first kappa shape index (κ1) is 16.8. The maximum Gasteiger partial charge on any atom is 0.407 e. The molecule has 1 aliphatic rings. The molecule has 0 radical (unpaired) electrons. The Morgan fingerprint density at radius 3 is 2.68 bits per heavy atom. The Hall–Kier alpha value is -1.56. The van der Waals surface area contributed by atoms with E-state index in [0.717, 1.165) is 31.7 Å². The number of ether oxygens (including phenoxy) is 1. The average Bonchev–Trinajstić information content (AvgIpc) is 2.44. The van der Waals surface area contributed by atoms with Crippen LogP contribution in [-0.4, -0.2) is 41.3 Å². The lowest BCUT2D eigenvalue weighted by atomic mass is 9.97. The number of hydrogen-bond donors (Lipinski definition) is 1. The lowest BCUT2D eigenvalue weighted by molar-refractivity contribution is 0.0517. The Balaban J connectivity index is 1.74. The number of hydrogen-bond acceptors (Lipinski definition) is 5. The van der Waals surface area contributed by atoms with Crippen molar-refractivity contribution in [2.75, 3.05) is 24.5 Å². The number of piperidine rings is 1. The van der Waals surface area contributed by atoms with Crippen molar-refractivity contribution in [3.8, 4) is 0 Å². The molecule has 2 heterocycles. The van der Waals surface area contributed by atoms with Gasteiger partial charge in [0.25, 0.3) is 0 Å². The van der Waals surface area contributed by atoms with Gasteiger partial charge in [-0.25, -0.2) is 9.78 Å². The van der Waals surface area contributed by atoms with Gasteiger partial charge in [-0.3, -0.25) is 4.98 Å². The topological polar surface area (TPSA) is 67.3 Å². The number of alkyl carbamates (subject to hydrolysis) is 1. The number of rotatable bonds is 3. The van der Waals surface area contributed by atoms with Gasteiger partial charge in [-0.1, -0.05) is 11.6 Å². The highest BCUT2D eigenvalue weighted by molar-refractivity contribution is 6.29. The molecule has 6 nitrogen and oxygen atoms in total. The molecule has 1 aromatic rings. The number of anilines is 1. The van der Waals surface area contributed by atoms with E-state index < -0.39 is 5.60 Å². The van der Waals surface area contributed by atoms with Gasteiger partial charge in [0.05, 0.1) is 12.4 Å². The van der Waals surface area contributed by atoms with Crippen molar-refractivity contribution in [2.45, 2.75) is 39.2 Å². The highest BCUT2D eigenvalue weighted by atomic mass is 35.5. The second-order valence-electron chi connectivity index (χ2n) is 6.51. The van der Waals surface area contributed by atoms with E-state index in [9.17, 15) is 4.79 Å². The molecule has 0 saturated carbocycles. The largest absolute Gasteiger partial charge is 0.444 e. The summed E-state index contributed by atoms with van der Waals surface area (Å²) in [6.45, 7) is 7.99. The molecule has 0 atom stereocenters. The summed E-state index contributed by atoms with van der Waals surface area (Å²) in [5.74, 6) is 1.27. The minimum Gasteiger partial charge on any atom is -0.444 e. The summed E-state index contributed by atoms with van der Waals surface area (Å²) in [7, 11) is 0. The SMILES string of the molecule is CC(C)(C)OC(=O)NCC1CCN(c2cncc(Cl)n2)CC1. The molecular formula is C15H23ClN4O2. The lowest BCUT2D eigenvalue weighted by Gasteiger charge is -2.32.